The summed E-state index contributed by atoms with van der Waals surface area (Å²) in [4.78, 5) is 13.1. The highest BCUT2D eigenvalue weighted by molar-refractivity contribution is 5.73. The average Bonchev–Trinajstić information content (AvgIpc) is 2.11. The van der Waals surface area contributed by atoms with Crippen molar-refractivity contribution < 1.29 is 9.53 Å². The van der Waals surface area contributed by atoms with Crippen LogP contribution in [0.1, 0.15) is 33.6 Å². The first-order chi connectivity index (χ1) is 6.13. The van der Waals surface area contributed by atoms with Crippen LogP contribution in [0.3, 0.4) is 0 Å². The van der Waals surface area contributed by atoms with Gasteiger partial charge in [0.05, 0.1) is 0 Å². The van der Waals surface area contributed by atoms with Gasteiger partial charge in [-0.3, -0.25) is 4.79 Å². The number of nitrogens with zero attached hydrogens (tertiary/aromatic N) is 1. The molecule has 0 N–H and O–H groups in total. The molecule has 3 heteroatoms. The van der Waals surface area contributed by atoms with Gasteiger partial charge in [0.2, 0.25) is 5.91 Å². The smallest absolute Gasteiger partial charge is 0.219 e. The maximum atomic E-state index is 11.2. The Morgan fingerprint density at radius 1 is 1.54 bits per heavy atom. The Hall–Kier alpha value is -0.570. The topological polar surface area (TPSA) is 29.5 Å². The van der Waals surface area contributed by atoms with Gasteiger partial charge >= 0.3 is 0 Å². The lowest BCUT2D eigenvalue weighted by Crippen LogP contribution is -2.37. The number of hydrogen-bond acceptors (Lipinski definition) is 2. The molecule has 0 radical (unpaired) electrons. The SMILES string of the molecule is CCC(C)N(CCCOC)C(C)=O. The third-order valence-corrected chi connectivity index (χ3v) is 2.27. The van der Waals surface area contributed by atoms with Gasteiger partial charge < -0.3 is 9.64 Å². The molecule has 0 bridgehead atoms. The van der Waals surface area contributed by atoms with Crippen molar-refractivity contribution in [2.45, 2.75) is 39.7 Å². The minimum atomic E-state index is 0.158. The van der Waals surface area contributed by atoms with Crippen molar-refractivity contribution in [3.05, 3.63) is 0 Å². The van der Waals surface area contributed by atoms with Crippen molar-refractivity contribution in [3.8, 4) is 0 Å². The van der Waals surface area contributed by atoms with E-state index in [9.17, 15) is 4.79 Å². The quantitative estimate of drug-likeness (QED) is 0.592. The van der Waals surface area contributed by atoms with Crippen LogP contribution in [0.15, 0.2) is 0 Å². The minimum absolute atomic E-state index is 0.158. The summed E-state index contributed by atoms with van der Waals surface area (Å²) in [7, 11) is 1.68. The van der Waals surface area contributed by atoms with Gasteiger partial charge in [-0.2, -0.15) is 0 Å². The Morgan fingerprint density at radius 3 is 2.54 bits per heavy atom. The third-order valence-electron chi connectivity index (χ3n) is 2.27. The van der Waals surface area contributed by atoms with Crippen molar-refractivity contribution in [3.63, 3.8) is 0 Å². The largest absolute Gasteiger partial charge is 0.385 e. The van der Waals surface area contributed by atoms with E-state index in [1.54, 1.807) is 14.0 Å². The molecule has 0 aromatic heterocycles. The standard InChI is InChI=1S/C10H21NO2/c1-5-9(2)11(10(3)12)7-6-8-13-4/h9H,5-8H2,1-4H3. The van der Waals surface area contributed by atoms with Crippen molar-refractivity contribution >= 4 is 5.91 Å². The van der Waals surface area contributed by atoms with Gasteiger partial charge in [-0.05, 0) is 19.8 Å². The fraction of sp³-hybridized carbons (Fsp3) is 0.900. The lowest BCUT2D eigenvalue weighted by atomic mass is 10.2. The summed E-state index contributed by atoms with van der Waals surface area (Å²) in [5.41, 5.74) is 0. The maximum absolute atomic E-state index is 11.2. The highest BCUT2D eigenvalue weighted by Crippen LogP contribution is 2.04. The number of carbonyl (C=O) groups excluding carboxylic acids is 1. The van der Waals surface area contributed by atoms with Crippen LogP contribution in [0.2, 0.25) is 0 Å². The normalized spacial score (nSPS) is 12.6. The second-order valence-corrected chi connectivity index (χ2v) is 3.32. The van der Waals surface area contributed by atoms with Crippen LogP contribution in [0, 0.1) is 0 Å². The van der Waals surface area contributed by atoms with Gasteiger partial charge in [0.15, 0.2) is 0 Å². The zero-order chi connectivity index (χ0) is 10.3. The molecule has 1 atom stereocenters. The van der Waals surface area contributed by atoms with Gasteiger partial charge in [-0.1, -0.05) is 6.92 Å². The van der Waals surface area contributed by atoms with Crippen molar-refractivity contribution in [2.24, 2.45) is 0 Å². The molecular weight excluding hydrogens is 166 g/mol. The molecule has 0 rings (SSSR count). The molecule has 78 valence electrons. The van der Waals surface area contributed by atoms with E-state index in [0.717, 1.165) is 26.0 Å². The molecule has 3 nitrogen and oxygen atoms in total. The molecule has 0 saturated heterocycles. The van der Waals surface area contributed by atoms with Crippen LogP contribution in [-0.4, -0.2) is 37.1 Å². The van der Waals surface area contributed by atoms with Crippen LogP contribution in [-0.2, 0) is 9.53 Å². The molecule has 0 aliphatic heterocycles. The fourth-order valence-corrected chi connectivity index (χ4v) is 1.29. The van der Waals surface area contributed by atoms with E-state index >= 15 is 0 Å². The Labute approximate surface area is 81.1 Å². The van der Waals surface area contributed by atoms with E-state index in [4.69, 9.17) is 4.74 Å². The summed E-state index contributed by atoms with van der Waals surface area (Å²) in [5.74, 6) is 0.158. The third kappa shape index (κ3) is 4.88. The van der Waals surface area contributed by atoms with Gasteiger partial charge in [-0.15, -0.1) is 0 Å². The molecule has 13 heavy (non-hydrogen) atoms. The summed E-state index contributed by atoms with van der Waals surface area (Å²) in [6.07, 6.45) is 1.92. The van der Waals surface area contributed by atoms with E-state index in [1.165, 1.54) is 0 Å². The molecule has 1 unspecified atom stereocenters. The van der Waals surface area contributed by atoms with Gasteiger partial charge in [0.1, 0.15) is 0 Å². The maximum Gasteiger partial charge on any atom is 0.219 e. The van der Waals surface area contributed by atoms with Crippen molar-refractivity contribution in [2.75, 3.05) is 20.3 Å². The van der Waals surface area contributed by atoms with Crippen LogP contribution in [0.4, 0.5) is 0 Å². The number of rotatable bonds is 6. The van der Waals surface area contributed by atoms with Crippen LogP contribution in [0.25, 0.3) is 0 Å². The molecule has 1 amide bonds. The average molecular weight is 187 g/mol. The van der Waals surface area contributed by atoms with E-state index in [0.29, 0.717) is 6.04 Å². The van der Waals surface area contributed by atoms with Crippen molar-refractivity contribution in [1.29, 1.82) is 0 Å². The van der Waals surface area contributed by atoms with Gasteiger partial charge in [0.25, 0.3) is 0 Å². The molecule has 0 saturated carbocycles. The zero-order valence-corrected chi connectivity index (χ0v) is 9.17. The molecule has 0 heterocycles. The summed E-state index contributed by atoms with van der Waals surface area (Å²) >= 11 is 0. The highest BCUT2D eigenvalue weighted by Gasteiger charge is 2.13. The number of ether oxygens (including phenoxy) is 1. The summed E-state index contributed by atoms with van der Waals surface area (Å²) < 4.78 is 4.95. The lowest BCUT2D eigenvalue weighted by molar-refractivity contribution is -0.131. The molecule has 0 aromatic rings. The number of methoxy groups -OCH3 is 1. The van der Waals surface area contributed by atoms with E-state index in [1.807, 2.05) is 4.90 Å². The van der Waals surface area contributed by atoms with Crippen molar-refractivity contribution in [1.82, 2.24) is 4.90 Å². The van der Waals surface area contributed by atoms with Crippen LogP contribution < -0.4 is 0 Å². The monoisotopic (exact) mass is 187 g/mol. The fourth-order valence-electron chi connectivity index (χ4n) is 1.29. The number of amides is 1. The second-order valence-electron chi connectivity index (χ2n) is 3.32. The first-order valence-corrected chi connectivity index (χ1v) is 4.89. The molecule has 0 spiro atoms. The van der Waals surface area contributed by atoms with Gasteiger partial charge in [-0.25, -0.2) is 0 Å². The highest BCUT2D eigenvalue weighted by atomic mass is 16.5. The van der Waals surface area contributed by atoms with Gasteiger partial charge in [0, 0.05) is 33.2 Å². The summed E-state index contributed by atoms with van der Waals surface area (Å²) in [6.45, 7) is 7.32. The molecular formula is C10H21NO2. The first kappa shape index (κ1) is 12.4. The first-order valence-electron chi connectivity index (χ1n) is 4.89. The summed E-state index contributed by atoms with van der Waals surface area (Å²) in [6, 6.07) is 0.342. The number of carbonyl (C=O) groups is 1. The second kappa shape index (κ2) is 6.89. The van der Waals surface area contributed by atoms with Crippen LogP contribution in [0.5, 0.6) is 0 Å². The summed E-state index contributed by atoms with van der Waals surface area (Å²) in [5, 5.41) is 0. The Morgan fingerprint density at radius 2 is 2.15 bits per heavy atom. The molecule has 0 aliphatic rings. The minimum Gasteiger partial charge on any atom is -0.385 e. The molecule has 0 aliphatic carbocycles. The predicted octanol–water partition coefficient (Wildman–Crippen LogP) is 1.67. The van der Waals surface area contributed by atoms with E-state index < -0.39 is 0 Å². The molecule has 0 aromatic carbocycles. The van der Waals surface area contributed by atoms with E-state index in [2.05, 4.69) is 13.8 Å². The number of hydrogen-bond donors (Lipinski definition) is 0. The predicted molar refractivity (Wildman–Crippen MR) is 53.6 cm³/mol. The van der Waals surface area contributed by atoms with Crippen LogP contribution >= 0.6 is 0 Å². The zero-order valence-electron chi connectivity index (χ0n) is 9.17. The Kier molecular flexibility index (Phi) is 6.59. The molecule has 0 fully saturated rings. The lowest BCUT2D eigenvalue weighted by Gasteiger charge is -2.27. The Bertz CT molecular complexity index is 148. The van der Waals surface area contributed by atoms with E-state index in [-0.39, 0.29) is 5.91 Å². The Balaban J connectivity index is 3.88.